The lowest BCUT2D eigenvalue weighted by atomic mass is 10.0. The van der Waals surface area contributed by atoms with Crippen molar-refractivity contribution in [3.8, 4) is 0 Å². The van der Waals surface area contributed by atoms with Crippen molar-refractivity contribution in [1.29, 1.82) is 0 Å². The standard InChI is InChI=1S/C13H11BrO2/c1-2-9-5-3-4-6-10(9)12(15)13-11(14)7-8-16-13/h3-8H,2H2,1H3. The molecule has 0 fully saturated rings. The second kappa shape index (κ2) is 4.66. The van der Waals surface area contributed by atoms with Crippen LogP contribution in [0.3, 0.4) is 0 Å². The Kier molecular flexibility index (Phi) is 3.25. The van der Waals surface area contributed by atoms with Gasteiger partial charge in [0.25, 0.3) is 0 Å². The third-order valence-corrected chi connectivity index (χ3v) is 3.09. The number of halogens is 1. The number of rotatable bonds is 3. The highest BCUT2D eigenvalue weighted by Gasteiger charge is 2.17. The fraction of sp³-hybridized carbons (Fsp3) is 0.154. The van der Waals surface area contributed by atoms with Crippen molar-refractivity contribution in [2.24, 2.45) is 0 Å². The summed E-state index contributed by atoms with van der Waals surface area (Å²) in [4.78, 5) is 12.2. The summed E-state index contributed by atoms with van der Waals surface area (Å²) in [6, 6.07) is 9.32. The normalized spacial score (nSPS) is 10.4. The average molecular weight is 279 g/mol. The van der Waals surface area contributed by atoms with Crippen LogP contribution < -0.4 is 0 Å². The molecule has 0 aliphatic carbocycles. The molecule has 1 aromatic carbocycles. The number of benzene rings is 1. The Labute approximate surface area is 102 Å². The predicted octanol–water partition coefficient (Wildman–Crippen LogP) is 3.84. The van der Waals surface area contributed by atoms with Gasteiger partial charge in [-0.3, -0.25) is 4.79 Å². The van der Waals surface area contributed by atoms with Crippen LogP contribution >= 0.6 is 15.9 Å². The van der Waals surface area contributed by atoms with E-state index >= 15 is 0 Å². The van der Waals surface area contributed by atoms with Crippen LogP contribution in [0.5, 0.6) is 0 Å². The van der Waals surface area contributed by atoms with Gasteiger partial charge in [-0.25, -0.2) is 0 Å². The van der Waals surface area contributed by atoms with Crippen molar-refractivity contribution in [3.05, 3.63) is 58.0 Å². The first-order valence-electron chi connectivity index (χ1n) is 5.09. The zero-order valence-electron chi connectivity index (χ0n) is 8.87. The van der Waals surface area contributed by atoms with Crippen LogP contribution in [0.2, 0.25) is 0 Å². The maximum Gasteiger partial charge on any atom is 0.229 e. The lowest BCUT2D eigenvalue weighted by molar-refractivity contribution is 0.101. The first-order valence-corrected chi connectivity index (χ1v) is 5.89. The second-order valence-corrected chi connectivity index (χ2v) is 4.29. The first-order chi connectivity index (χ1) is 7.74. The highest BCUT2D eigenvalue weighted by Crippen LogP contribution is 2.22. The molecule has 0 atom stereocenters. The van der Waals surface area contributed by atoms with Crippen LogP contribution in [0.1, 0.15) is 28.6 Å². The van der Waals surface area contributed by atoms with Crippen LogP contribution in [0.25, 0.3) is 0 Å². The maximum absolute atomic E-state index is 12.2. The van der Waals surface area contributed by atoms with Crippen LogP contribution in [0.4, 0.5) is 0 Å². The number of hydrogen-bond donors (Lipinski definition) is 0. The molecule has 0 unspecified atom stereocenters. The molecule has 0 N–H and O–H groups in total. The summed E-state index contributed by atoms with van der Waals surface area (Å²) in [6.45, 7) is 2.03. The van der Waals surface area contributed by atoms with Crippen molar-refractivity contribution in [3.63, 3.8) is 0 Å². The van der Waals surface area contributed by atoms with E-state index in [2.05, 4.69) is 15.9 Å². The molecule has 0 spiro atoms. The predicted molar refractivity (Wildman–Crippen MR) is 65.7 cm³/mol. The highest BCUT2D eigenvalue weighted by atomic mass is 79.9. The van der Waals surface area contributed by atoms with Gasteiger partial charge in [-0.1, -0.05) is 31.2 Å². The zero-order chi connectivity index (χ0) is 11.5. The Morgan fingerprint density at radius 1 is 1.31 bits per heavy atom. The fourth-order valence-corrected chi connectivity index (χ4v) is 2.01. The lowest BCUT2D eigenvalue weighted by Crippen LogP contribution is -2.04. The molecule has 82 valence electrons. The summed E-state index contributed by atoms with van der Waals surface area (Å²) in [7, 11) is 0. The molecule has 1 aromatic heterocycles. The summed E-state index contributed by atoms with van der Waals surface area (Å²) in [5.41, 5.74) is 1.75. The number of carbonyl (C=O) groups excluding carboxylic acids is 1. The summed E-state index contributed by atoms with van der Waals surface area (Å²) >= 11 is 3.30. The Morgan fingerprint density at radius 2 is 2.06 bits per heavy atom. The summed E-state index contributed by atoms with van der Waals surface area (Å²) in [5, 5.41) is 0. The van der Waals surface area contributed by atoms with Gasteiger partial charge in [-0.2, -0.15) is 0 Å². The topological polar surface area (TPSA) is 30.2 Å². The van der Waals surface area contributed by atoms with Crippen molar-refractivity contribution in [1.82, 2.24) is 0 Å². The van der Waals surface area contributed by atoms with E-state index in [1.165, 1.54) is 6.26 Å². The van der Waals surface area contributed by atoms with E-state index in [1.807, 2.05) is 31.2 Å². The second-order valence-electron chi connectivity index (χ2n) is 3.44. The van der Waals surface area contributed by atoms with Gasteiger partial charge in [-0.15, -0.1) is 0 Å². The molecule has 3 heteroatoms. The summed E-state index contributed by atoms with van der Waals surface area (Å²) < 4.78 is 5.88. The molecule has 0 aliphatic heterocycles. The number of furan rings is 1. The number of hydrogen-bond acceptors (Lipinski definition) is 2. The van der Waals surface area contributed by atoms with Gasteiger partial charge >= 0.3 is 0 Å². The van der Waals surface area contributed by atoms with E-state index in [0.29, 0.717) is 15.8 Å². The Balaban J connectivity index is 2.46. The zero-order valence-corrected chi connectivity index (χ0v) is 10.5. The number of aryl methyl sites for hydroxylation is 1. The molecule has 0 radical (unpaired) electrons. The van der Waals surface area contributed by atoms with Gasteiger partial charge in [0, 0.05) is 5.56 Å². The van der Waals surface area contributed by atoms with E-state index in [1.54, 1.807) is 6.07 Å². The van der Waals surface area contributed by atoms with Gasteiger partial charge in [-0.05, 0) is 34.0 Å². The molecule has 0 saturated heterocycles. The molecule has 2 nitrogen and oxygen atoms in total. The van der Waals surface area contributed by atoms with Crippen LogP contribution in [0, 0.1) is 0 Å². The highest BCUT2D eigenvalue weighted by molar-refractivity contribution is 9.10. The van der Waals surface area contributed by atoms with E-state index in [4.69, 9.17) is 4.42 Å². The van der Waals surface area contributed by atoms with Crippen LogP contribution in [-0.4, -0.2) is 5.78 Å². The third-order valence-electron chi connectivity index (χ3n) is 2.47. The summed E-state index contributed by atoms with van der Waals surface area (Å²) in [6.07, 6.45) is 2.34. The molecule has 0 saturated carbocycles. The molecule has 2 rings (SSSR count). The molecule has 1 heterocycles. The van der Waals surface area contributed by atoms with E-state index in [0.717, 1.165) is 12.0 Å². The lowest BCUT2D eigenvalue weighted by Gasteiger charge is -2.04. The van der Waals surface area contributed by atoms with Crippen LogP contribution in [0.15, 0.2) is 45.5 Å². The SMILES string of the molecule is CCc1ccccc1C(=O)c1occc1Br. The van der Waals surface area contributed by atoms with Gasteiger partial charge in [0.05, 0.1) is 10.7 Å². The first kappa shape index (κ1) is 11.1. The van der Waals surface area contributed by atoms with E-state index in [9.17, 15) is 4.79 Å². The average Bonchev–Trinajstić information content (AvgIpc) is 2.74. The Hall–Kier alpha value is -1.35. The molecule has 0 bridgehead atoms. The minimum atomic E-state index is -0.0747. The van der Waals surface area contributed by atoms with Gasteiger partial charge in [0.1, 0.15) is 0 Å². The third kappa shape index (κ3) is 1.95. The molecule has 16 heavy (non-hydrogen) atoms. The van der Waals surface area contributed by atoms with Gasteiger partial charge < -0.3 is 4.42 Å². The largest absolute Gasteiger partial charge is 0.460 e. The van der Waals surface area contributed by atoms with E-state index < -0.39 is 0 Å². The quantitative estimate of drug-likeness (QED) is 0.799. The molecule has 0 aliphatic rings. The monoisotopic (exact) mass is 278 g/mol. The summed E-state index contributed by atoms with van der Waals surface area (Å²) in [5.74, 6) is 0.287. The molecular formula is C13H11BrO2. The molecule has 0 amide bonds. The van der Waals surface area contributed by atoms with Crippen molar-refractivity contribution in [2.75, 3.05) is 0 Å². The minimum absolute atomic E-state index is 0.0747. The van der Waals surface area contributed by atoms with Crippen molar-refractivity contribution >= 4 is 21.7 Å². The smallest absolute Gasteiger partial charge is 0.229 e. The molecule has 2 aromatic rings. The number of ketones is 1. The van der Waals surface area contributed by atoms with Crippen LogP contribution in [-0.2, 0) is 6.42 Å². The Morgan fingerprint density at radius 3 is 2.69 bits per heavy atom. The fourth-order valence-electron chi connectivity index (χ4n) is 1.63. The number of carbonyl (C=O) groups is 1. The van der Waals surface area contributed by atoms with Gasteiger partial charge in [0.15, 0.2) is 5.76 Å². The minimum Gasteiger partial charge on any atom is -0.460 e. The van der Waals surface area contributed by atoms with Gasteiger partial charge in [0.2, 0.25) is 5.78 Å². The van der Waals surface area contributed by atoms with E-state index in [-0.39, 0.29) is 5.78 Å². The van der Waals surface area contributed by atoms with Crippen molar-refractivity contribution < 1.29 is 9.21 Å². The Bertz CT molecular complexity index is 514. The molecular weight excluding hydrogens is 268 g/mol. The maximum atomic E-state index is 12.2. The van der Waals surface area contributed by atoms with Crippen molar-refractivity contribution in [2.45, 2.75) is 13.3 Å².